The van der Waals surface area contributed by atoms with Crippen molar-refractivity contribution in [1.82, 2.24) is 20.6 Å². The number of aryl methyl sites for hydroxylation is 1. The number of nitrogens with one attached hydrogen (secondary N) is 2. The number of hydrogen-bond acceptors (Lipinski definition) is 5. The standard InChI is InChI=1S/C15H22N4.C8H17N.C2H6/c1-3-13(12-4-5-12)14-11(2)17-10-18-15(14)19-8-6-16-7-9-19;1-2-4-8-5-3-6-9-7-8;1-2/h3,10,12,16H,4-9H2,1-2H3;8-9H,2-7H2,1H3;1-2H3/b13-3-;;. The van der Waals surface area contributed by atoms with Crippen LogP contribution in [0.15, 0.2) is 12.4 Å². The van der Waals surface area contributed by atoms with E-state index >= 15 is 0 Å². The van der Waals surface area contributed by atoms with Crippen molar-refractivity contribution in [1.29, 1.82) is 0 Å². The first-order valence-corrected chi connectivity index (χ1v) is 12.4. The molecule has 1 aromatic rings. The van der Waals surface area contributed by atoms with Crippen LogP contribution in [-0.4, -0.2) is 49.2 Å². The Balaban J connectivity index is 0.000000245. The molecule has 5 nitrogen and oxygen atoms in total. The second-order valence-electron chi connectivity index (χ2n) is 8.41. The molecule has 4 rings (SSSR count). The molecule has 1 saturated carbocycles. The van der Waals surface area contributed by atoms with Gasteiger partial charge in [0.1, 0.15) is 12.1 Å². The summed E-state index contributed by atoms with van der Waals surface area (Å²) in [6.07, 6.45) is 12.2. The summed E-state index contributed by atoms with van der Waals surface area (Å²) in [6.45, 7) is 17.2. The van der Waals surface area contributed by atoms with Crippen molar-refractivity contribution >= 4 is 11.4 Å². The average Bonchev–Trinajstić information content (AvgIpc) is 3.64. The molecule has 0 amide bonds. The summed E-state index contributed by atoms with van der Waals surface area (Å²) in [5, 5.41) is 6.82. The Labute approximate surface area is 185 Å². The van der Waals surface area contributed by atoms with E-state index in [9.17, 15) is 0 Å². The zero-order chi connectivity index (χ0) is 21.8. The molecule has 3 fully saturated rings. The molecule has 2 aliphatic heterocycles. The van der Waals surface area contributed by atoms with E-state index in [1.165, 1.54) is 62.8 Å². The van der Waals surface area contributed by atoms with Crippen molar-refractivity contribution in [3.05, 3.63) is 23.7 Å². The average molecular weight is 416 g/mol. The minimum Gasteiger partial charge on any atom is -0.353 e. The molecule has 0 spiro atoms. The summed E-state index contributed by atoms with van der Waals surface area (Å²) in [4.78, 5) is 11.4. The van der Waals surface area contributed by atoms with E-state index < -0.39 is 0 Å². The second kappa shape index (κ2) is 13.8. The highest BCUT2D eigenvalue weighted by Crippen LogP contribution is 2.44. The fraction of sp³-hybridized carbons (Fsp3) is 0.760. The highest BCUT2D eigenvalue weighted by atomic mass is 15.2. The van der Waals surface area contributed by atoms with Gasteiger partial charge < -0.3 is 15.5 Å². The molecule has 1 unspecified atom stereocenters. The largest absolute Gasteiger partial charge is 0.353 e. The summed E-state index contributed by atoms with van der Waals surface area (Å²) < 4.78 is 0. The van der Waals surface area contributed by atoms with Gasteiger partial charge in [0.2, 0.25) is 0 Å². The van der Waals surface area contributed by atoms with Gasteiger partial charge >= 0.3 is 0 Å². The molecule has 1 aromatic heterocycles. The number of rotatable bonds is 5. The number of piperidine rings is 1. The van der Waals surface area contributed by atoms with Gasteiger partial charge in [0, 0.05) is 31.7 Å². The van der Waals surface area contributed by atoms with Gasteiger partial charge in [-0.3, -0.25) is 0 Å². The Morgan fingerprint density at radius 3 is 2.40 bits per heavy atom. The van der Waals surface area contributed by atoms with Crippen LogP contribution in [0.2, 0.25) is 0 Å². The van der Waals surface area contributed by atoms with Crippen LogP contribution in [0.1, 0.15) is 77.5 Å². The van der Waals surface area contributed by atoms with Crippen LogP contribution in [0.3, 0.4) is 0 Å². The number of aromatic nitrogens is 2. The van der Waals surface area contributed by atoms with Crippen LogP contribution in [0.5, 0.6) is 0 Å². The van der Waals surface area contributed by atoms with E-state index in [0.717, 1.165) is 49.5 Å². The third-order valence-electron chi connectivity index (χ3n) is 6.15. The SMILES string of the molecule is C/C=C(\c1c(C)ncnc1N1CCNCC1)C1CC1.CC.CCCC1CCCNC1. The molecule has 30 heavy (non-hydrogen) atoms. The molecule has 2 saturated heterocycles. The molecule has 0 bridgehead atoms. The number of allylic oxidation sites excluding steroid dienone is 2. The van der Waals surface area contributed by atoms with Gasteiger partial charge in [0.25, 0.3) is 0 Å². The third-order valence-corrected chi connectivity index (χ3v) is 6.15. The van der Waals surface area contributed by atoms with Crippen molar-refractivity contribution < 1.29 is 0 Å². The van der Waals surface area contributed by atoms with Gasteiger partial charge in [0.05, 0.1) is 5.69 Å². The minimum absolute atomic E-state index is 0.733. The lowest BCUT2D eigenvalue weighted by Crippen LogP contribution is -2.44. The van der Waals surface area contributed by atoms with Gasteiger partial charge in [-0.1, -0.05) is 33.3 Å². The fourth-order valence-electron chi connectivity index (χ4n) is 4.47. The maximum Gasteiger partial charge on any atom is 0.139 e. The summed E-state index contributed by atoms with van der Waals surface area (Å²) in [7, 11) is 0. The van der Waals surface area contributed by atoms with Crippen LogP contribution in [0.4, 0.5) is 5.82 Å². The fourth-order valence-corrected chi connectivity index (χ4v) is 4.47. The second-order valence-corrected chi connectivity index (χ2v) is 8.41. The molecule has 3 aliphatic rings. The Morgan fingerprint density at radius 2 is 1.83 bits per heavy atom. The summed E-state index contributed by atoms with van der Waals surface area (Å²) in [5.41, 5.74) is 3.85. The molecule has 5 heteroatoms. The molecule has 0 radical (unpaired) electrons. The minimum atomic E-state index is 0.733. The number of hydrogen-bond donors (Lipinski definition) is 2. The Kier molecular flexibility index (Phi) is 11.4. The van der Waals surface area contributed by atoms with E-state index in [-0.39, 0.29) is 0 Å². The van der Waals surface area contributed by atoms with Crippen LogP contribution in [-0.2, 0) is 0 Å². The highest BCUT2D eigenvalue weighted by Gasteiger charge is 2.30. The summed E-state index contributed by atoms with van der Waals surface area (Å²) in [5.74, 6) is 2.86. The van der Waals surface area contributed by atoms with Gasteiger partial charge in [-0.15, -0.1) is 0 Å². The zero-order valence-corrected chi connectivity index (χ0v) is 20.1. The topological polar surface area (TPSA) is 53.1 Å². The lowest BCUT2D eigenvalue weighted by atomic mass is 9.95. The predicted molar refractivity (Wildman–Crippen MR) is 130 cm³/mol. The first-order chi connectivity index (χ1) is 14.7. The molecular formula is C25H45N5. The van der Waals surface area contributed by atoms with E-state index in [2.05, 4.69) is 52.3 Å². The lowest BCUT2D eigenvalue weighted by Gasteiger charge is -2.30. The molecule has 2 N–H and O–H groups in total. The van der Waals surface area contributed by atoms with Crippen LogP contribution in [0.25, 0.3) is 5.57 Å². The first-order valence-electron chi connectivity index (χ1n) is 12.4. The molecule has 1 aliphatic carbocycles. The molecule has 0 aromatic carbocycles. The Hall–Kier alpha value is -1.46. The number of anilines is 1. The predicted octanol–water partition coefficient (Wildman–Crippen LogP) is 4.82. The Morgan fingerprint density at radius 1 is 1.10 bits per heavy atom. The first kappa shape index (κ1) is 24.8. The van der Waals surface area contributed by atoms with Crippen molar-refractivity contribution in [3.8, 4) is 0 Å². The third kappa shape index (κ3) is 7.35. The van der Waals surface area contributed by atoms with Crippen molar-refractivity contribution in [2.45, 2.75) is 73.1 Å². The van der Waals surface area contributed by atoms with Crippen LogP contribution >= 0.6 is 0 Å². The monoisotopic (exact) mass is 415 g/mol. The zero-order valence-electron chi connectivity index (χ0n) is 20.1. The quantitative estimate of drug-likeness (QED) is 0.722. The number of piperazine rings is 1. The maximum atomic E-state index is 4.59. The van der Waals surface area contributed by atoms with E-state index in [4.69, 9.17) is 0 Å². The van der Waals surface area contributed by atoms with Gasteiger partial charge in [-0.2, -0.15) is 0 Å². The molecular weight excluding hydrogens is 370 g/mol. The highest BCUT2D eigenvalue weighted by molar-refractivity contribution is 5.78. The van der Waals surface area contributed by atoms with Gasteiger partial charge in [0.15, 0.2) is 0 Å². The lowest BCUT2D eigenvalue weighted by molar-refractivity contribution is 0.355. The van der Waals surface area contributed by atoms with Crippen LogP contribution in [0, 0.1) is 18.8 Å². The van der Waals surface area contributed by atoms with Crippen molar-refractivity contribution in [2.75, 3.05) is 44.2 Å². The summed E-state index contributed by atoms with van der Waals surface area (Å²) in [6, 6.07) is 0. The van der Waals surface area contributed by atoms with E-state index in [1.54, 1.807) is 6.33 Å². The Bertz CT molecular complexity index is 624. The summed E-state index contributed by atoms with van der Waals surface area (Å²) >= 11 is 0. The normalized spacial score (nSPS) is 21.8. The van der Waals surface area contributed by atoms with E-state index in [1.807, 2.05) is 13.8 Å². The smallest absolute Gasteiger partial charge is 0.139 e. The van der Waals surface area contributed by atoms with Crippen molar-refractivity contribution in [3.63, 3.8) is 0 Å². The van der Waals surface area contributed by atoms with Crippen molar-refractivity contribution in [2.24, 2.45) is 11.8 Å². The molecule has 1 atom stereocenters. The maximum absolute atomic E-state index is 4.59. The molecule has 3 heterocycles. The molecule has 170 valence electrons. The van der Waals surface area contributed by atoms with Crippen LogP contribution < -0.4 is 15.5 Å². The number of nitrogens with zero attached hydrogens (tertiary/aromatic N) is 3. The van der Waals surface area contributed by atoms with Gasteiger partial charge in [-0.05, 0) is 76.5 Å². The van der Waals surface area contributed by atoms with E-state index in [0.29, 0.717) is 0 Å². The van der Waals surface area contributed by atoms with Gasteiger partial charge in [-0.25, -0.2) is 9.97 Å².